The van der Waals surface area contributed by atoms with Gasteiger partial charge in [-0.1, -0.05) is 0 Å². The Labute approximate surface area is 152 Å². The van der Waals surface area contributed by atoms with Gasteiger partial charge in [0, 0.05) is 5.56 Å². The fraction of sp³-hybridized carbons (Fsp3) is 0.263. The second-order valence-electron chi connectivity index (χ2n) is 5.27. The van der Waals surface area contributed by atoms with Crippen LogP contribution in [0.1, 0.15) is 12.5 Å². The van der Waals surface area contributed by atoms with Crippen molar-refractivity contribution in [3.63, 3.8) is 0 Å². The fourth-order valence-electron chi connectivity index (χ4n) is 2.13. The van der Waals surface area contributed by atoms with Crippen molar-refractivity contribution >= 4 is 11.6 Å². The Kier molecular flexibility index (Phi) is 6.84. The van der Waals surface area contributed by atoms with Crippen molar-refractivity contribution in [1.82, 2.24) is 5.43 Å². The molecule has 0 spiro atoms. The van der Waals surface area contributed by atoms with E-state index < -0.39 is 0 Å². The third-order valence-electron chi connectivity index (χ3n) is 3.58. The summed E-state index contributed by atoms with van der Waals surface area (Å²) in [6, 6.07) is 12.4. The standard InChI is InChI=1S/C19H22N2O5/c1-13(14-5-10-17(24-3)18(11-14)25-4)20-21-19(22)12-26-16-8-6-15(23-2)7-9-16/h5-11H,12H2,1-4H3,(H,21,22)/b20-13-. The number of hydrogen-bond acceptors (Lipinski definition) is 6. The number of nitrogens with one attached hydrogen (secondary N) is 1. The van der Waals surface area contributed by atoms with E-state index in [1.54, 1.807) is 64.7 Å². The van der Waals surface area contributed by atoms with Crippen molar-refractivity contribution in [3.05, 3.63) is 48.0 Å². The summed E-state index contributed by atoms with van der Waals surface area (Å²) < 4.78 is 20.9. The van der Waals surface area contributed by atoms with Gasteiger partial charge in [-0.05, 0) is 49.4 Å². The van der Waals surface area contributed by atoms with Crippen LogP contribution in [-0.4, -0.2) is 39.6 Å². The number of hydrazone groups is 1. The number of carbonyl (C=O) groups is 1. The topological polar surface area (TPSA) is 78.4 Å². The van der Waals surface area contributed by atoms with Gasteiger partial charge >= 0.3 is 0 Å². The van der Waals surface area contributed by atoms with Gasteiger partial charge in [0.1, 0.15) is 11.5 Å². The van der Waals surface area contributed by atoms with E-state index >= 15 is 0 Å². The molecule has 0 fully saturated rings. The summed E-state index contributed by atoms with van der Waals surface area (Å²) in [7, 11) is 4.72. The molecule has 26 heavy (non-hydrogen) atoms. The molecule has 0 aromatic heterocycles. The van der Waals surface area contributed by atoms with Crippen molar-refractivity contribution in [2.75, 3.05) is 27.9 Å². The van der Waals surface area contributed by atoms with Crippen LogP contribution in [0.15, 0.2) is 47.6 Å². The molecule has 0 aliphatic rings. The smallest absolute Gasteiger partial charge is 0.277 e. The maximum absolute atomic E-state index is 11.9. The summed E-state index contributed by atoms with van der Waals surface area (Å²) in [5.74, 6) is 2.15. The monoisotopic (exact) mass is 358 g/mol. The lowest BCUT2D eigenvalue weighted by molar-refractivity contribution is -0.123. The molecule has 1 N–H and O–H groups in total. The normalized spacial score (nSPS) is 10.8. The van der Waals surface area contributed by atoms with Gasteiger partial charge in [-0.3, -0.25) is 4.79 Å². The number of hydrogen-bond donors (Lipinski definition) is 1. The molecule has 0 atom stereocenters. The van der Waals surface area contributed by atoms with Crippen LogP contribution in [0.3, 0.4) is 0 Å². The number of amides is 1. The highest BCUT2D eigenvalue weighted by Crippen LogP contribution is 2.27. The lowest BCUT2D eigenvalue weighted by atomic mass is 10.1. The molecular formula is C19H22N2O5. The van der Waals surface area contributed by atoms with Crippen LogP contribution in [0.5, 0.6) is 23.0 Å². The maximum atomic E-state index is 11.9. The predicted molar refractivity (Wildman–Crippen MR) is 98.4 cm³/mol. The number of nitrogens with zero attached hydrogens (tertiary/aromatic N) is 1. The predicted octanol–water partition coefficient (Wildman–Crippen LogP) is 2.63. The fourth-order valence-corrected chi connectivity index (χ4v) is 2.13. The average molecular weight is 358 g/mol. The summed E-state index contributed by atoms with van der Waals surface area (Å²) in [4.78, 5) is 11.9. The van der Waals surface area contributed by atoms with E-state index in [2.05, 4.69) is 10.5 Å². The van der Waals surface area contributed by atoms with Gasteiger partial charge < -0.3 is 18.9 Å². The molecule has 0 unspecified atom stereocenters. The average Bonchev–Trinajstić information content (AvgIpc) is 2.70. The van der Waals surface area contributed by atoms with Crippen LogP contribution in [0.2, 0.25) is 0 Å². The van der Waals surface area contributed by atoms with Crippen LogP contribution in [-0.2, 0) is 4.79 Å². The first-order chi connectivity index (χ1) is 12.6. The van der Waals surface area contributed by atoms with Crippen LogP contribution in [0, 0.1) is 0 Å². The summed E-state index contributed by atoms with van der Waals surface area (Å²) in [6.45, 7) is 1.64. The summed E-state index contributed by atoms with van der Waals surface area (Å²) in [5.41, 5.74) is 3.90. The van der Waals surface area contributed by atoms with Gasteiger partial charge in [0.2, 0.25) is 0 Å². The molecule has 1 amide bonds. The molecule has 0 heterocycles. The first-order valence-electron chi connectivity index (χ1n) is 7.89. The van der Waals surface area contributed by atoms with Crippen molar-refractivity contribution < 1.29 is 23.7 Å². The Morgan fingerprint density at radius 2 is 1.58 bits per heavy atom. The third-order valence-corrected chi connectivity index (χ3v) is 3.58. The first kappa shape index (κ1) is 19.1. The summed E-state index contributed by atoms with van der Waals surface area (Å²) >= 11 is 0. The quantitative estimate of drug-likeness (QED) is 0.580. The van der Waals surface area contributed by atoms with Gasteiger partial charge in [-0.15, -0.1) is 0 Å². The minimum Gasteiger partial charge on any atom is -0.497 e. The maximum Gasteiger partial charge on any atom is 0.277 e. The van der Waals surface area contributed by atoms with E-state index in [0.29, 0.717) is 23.0 Å². The second-order valence-corrected chi connectivity index (χ2v) is 5.27. The zero-order valence-corrected chi connectivity index (χ0v) is 15.2. The van der Waals surface area contributed by atoms with Gasteiger partial charge in [0.25, 0.3) is 5.91 Å². The Hall–Kier alpha value is -3.22. The summed E-state index contributed by atoms with van der Waals surface area (Å²) in [6.07, 6.45) is 0. The van der Waals surface area contributed by atoms with Crippen molar-refractivity contribution in [2.24, 2.45) is 5.10 Å². The molecule has 0 radical (unpaired) electrons. The van der Waals surface area contributed by atoms with Crippen LogP contribution < -0.4 is 24.4 Å². The molecule has 0 aliphatic carbocycles. The highest BCUT2D eigenvalue weighted by molar-refractivity contribution is 5.99. The van der Waals surface area contributed by atoms with Gasteiger partial charge in [0.05, 0.1) is 27.0 Å². The van der Waals surface area contributed by atoms with Gasteiger partial charge in [0.15, 0.2) is 18.1 Å². The molecule has 0 saturated carbocycles. The van der Waals surface area contributed by atoms with E-state index in [1.807, 2.05) is 6.07 Å². The lowest BCUT2D eigenvalue weighted by Gasteiger charge is -2.10. The Bertz CT molecular complexity index is 772. The van der Waals surface area contributed by atoms with Crippen LogP contribution in [0.25, 0.3) is 0 Å². The van der Waals surface area contributed by atoms with Crippen LogP contribution in [0.4, 0.5) is 0 Å². The van der Waals surface area contributed by atoms with E-state index in [4.69, 9.17) is 18.9 Å². The largest absolute Gasteiger partial charge is 0.497 e. The zero-order valence-electron chi connectivity index (χ0n) is 15.2. The third kappa shape index (κ3) is 5.14. The molecule has 7 heteroatoms. The molecule has 0 aliphatic heterocycles. The number of benzene rings is 2. The number of methoxy groups -OCH3 is 3. The van der Waals surface area contributed by atoms with E-state index in [0.717, 1.165) is 11.3 Å². The molecule has 0 saturated heterocycles. The van der Waals surface area contributed by atoms with E-state index in [-0.39, 0.29) is 12.5 Å². The zero-order chi connectivity index (χ0) is 18.9. The number of ether oxygens (including phenoxy) is 4. The summed E-state index contributed by atoms with van der Waals surface area (Å²) in [5, 5.41) is 4.09. The minimum absolute atomic E-state index is 0.144. The van der Waals surface area contributed by atoms with Crippen molar-refractivity contribution in [2.45, 2.75) is 6.92 Å². The van der Waals surface area contributed by atoms with Crippen LogP contribution >= 0.6 is 0 Å². The number of rotatable bonds is 8. The second kappa shape index (κ2) is 9.31. The van der Waals surface area contributed by atoms with Crippen molar-refractivity contribution in [1.29, 1.82) is 0 Å². The Balaban J connectivity index is 1.92. The highest BCUT2D eigenvalue weighted by Gasteiger charge is 2.07. The van der Waals surface area contributed by atoms with Gasteiger partial charge in [-0.25, -0.2) is 5.43 Å². The van der Waals surface area contributed by atoms with Crippen molar-refractivity contribution in [3.8, 4) is 23.0 Å². The number of carbonyl (C=O) groups excluding carboxylic acids is 1. The Morgan fingerprint density at radius 3 is 2.19 bits per heavy atom. The van der Waals surface area contributed by atoms with E-state index in [1.165, 1.54) is 0 Å². The lowest BCUT2D eigenvalue weighted by Crippen LogP contribution is -2.25. The minimum atomic E-state index is -0.361. The first-order valence-corrected chi connectivity index (χ1v) is 7.89. The SMILES string of the molecule is COc1ccc(OCC(=O)N/N=C(/C)c2ccc(OC)c(OC)c2)cc1. The van der Waals surface area contributed by atoms with Gasteiger partial charge in [-0.2, -0.15) is 5.10 Å². The van der Waals surface area contributed by atoms with E-state index in [9.17, 15) is 4.79 Å². The molecule has 2 rings (SSSR count). The molecular weight excluding hydrogens is 336 g/mol. The molecule has 0 bridgehead atoms. The molecule has 138 valence electrons. The molecule has 2 aromatic carbocycles. The highest BCUT2D eigenvalue weighted by atomic mass is 16.5. The Morgan fingerprint density at radius 1 is 0.923 bits per heavy atom. The molecule has 7 nitrogen and oxygen atoms in total. The molecule has 2 aromatic rings.